The molecule has 1 aromatic heterocycles. The molecule has 134 valence electrons. The normalized spacial score (nSPS) is 10.4. The van der Waals surface area contributed by atoms with Gasteiger partial charge >= 0.3 is 12.0 Å². The average molecular weight is 352 g/mol. The molecule has 2 aromatic carbocycles. The summed E-state index contributed by atoms with van der Waals surface area (Å²) in [5.41, 5.74) is 3.96. The Kier molecular flexibility index (Phi) is 5.17. The Labute approximate surface area is 151 Å². The number of urea groups is 1. The zero-order chi connectivity index (χ0) is 18.5. The highest BCUT2D eigenvalue weighted by Crippen LogP contribution is 2.17. The van der Waals surface area contributed by atoms with Crippen LogP contribution in [-0.4, -0.2) is 23.3 Å². The van der Waals surface area contributed by atoms with Crippen LogP contribution in [0, 0.1) is 13.8 Å². The van der Waals surface area contributed by atoms with E-state index in [9.17, 15) is 4.79 Å². The number of amides is 2. The van der Waals surface area contributed by atoms with Gasteiger partial charge in [-0.05, 0) is 54.8 Å². The van der Waals surface area contributed by atoms with Gasteiger partial charge in [-0.25, -0.2) is 4.79 Å². The molecule has 0 spiro atoms. The summed E-state index contributed by atoms with van der Waals surface area (Å²) in [5, 5.41) is 13.1. The lowest BCUT2D eigenvalue weighted by Crippen LogP contribution is -2.19. The molecule has 26 heavy (non-hydrogen) atoms. The van der Waals surface area contributed by atoms with Crippen molar-refractivity contribution in [3.63, 3.8) is 0 Å². The molecule has 0 atom stereocenters. The molecule has 0 radical (unpaired) electrons. The van der Waals surface area contributed by atoms with Crippen molar-refractivity contribution in [3.05, 3.63) is 65.0 Å². The molecular weight excluding hydrogens is 332 g/mol. The van der Waals surface area contributed by atoms with E-state index in [-0.39, 0.29) is 6.01 Å². The van der Waals surface area contributed by atoms with E-state index in [1.807, 2.05) is 56.3 Å². The number of carbonyl (C=O) groups excluding carboxylic acids is 1. The van der Waals surface area contributed by atoms with Gasteiger partial charge in [-0.15, -0.1) is 5.10 Å². The first-order valence-corrected chi connectivity index (χ1v) is 8.14. The molecule has 0 aliphatic carbocycles. The maximum atomic E-state index is 12.1. The number of aromatic nitrogens is 2. The van der Waals surface area contributed by atoms with E-state index < -0.39 is 6.03 Å². The highest BCUT2D eigenvalue weighted by atomic mass is 16.5. The van der Waals surface area contributed by atoms with E-state index in [1.165, 1.54) is 0 Å². The van der Waals surface area contributed by atoms with Crippen molar-refractivity contribution in [2.24, 2.45) is 0 Å². The fourth-order valence-electron chi connectivity index (χ4n) is 2.37. The Balaban J connectivity index is 1.58. The number of nitrogens with one attached hydrogen (secondary N) is 2. The zero-order valence-corrected chi connectivity index (χ0v) is 14.9. The Morgan fingerprint density at radius 2 is 1.81 bits per heavy atom. The highest BCUT2D eigenvalue weighted by molar-refractivity contribution is 5.98. The minimum atomic E-state index is -0.437. The summed E-state index contributed by atoms with van der Waals surface area (Å²) in [6, 6.07) is 12.9. The monoisotopic (exact) mass is 352 g/mol. The first kappa shape index (κ1) is 17.5. The summed E-state index contributed by atoms with van der Waals surface area (Å²) >= 11 is 0. The molecule has 0 aliphatic heterocycles. The van der Waals surface area contributed by atoms with E-state index in [2.05, 4.69) is 20.8 Å². The van der Waals surface area contributed by atoms with Crippen LogP contribution in [0.2, 0.25) is 0 Å². The maximum Gasteiger partial charge on any atom is 0.327 e. The third-order valence-corrected chi connectivity index (χ3v) is 3.97. The predicted molar refractivity (Wildman–Crippen MR) is 98.7 cm³/mol. The molecule has 3 aromatic rings. The van der Waals surface area contributed by atoms with Gasteiger partial charge in [-0.1, -0.05) is 23.3 Å². The molecule has 0 bridgehead atoms. The fraction of sp³-hybridized carbons (Fsp3) is 0.211. The quantitative estimate of drug-likeness (QED) is 0.726. The second kappa shape index (κ2) is 7.69. The number of hydrogen-bond acceptors (Lipinski definition) is 5. The van der Waals surface area contributed by atoms with Gasteiger partial charge in [0.15, 0.2) is 0 Å². The molecule has 1 heterocycles. The van der Waals surface area contributed by atoms with Gasteiger partial charge < -0.3 is 14.5 Å². The number of rotatable bonds is 5. The smallest absolute Gasteiger partial charge is 0.327 e. The molecule has 3 rings (SSSR count). The van der Waals surface area contributed by atoms with Gasteiger partial charge in [0.25, 0.3) is 0 Å². The summed E-state index contributed by atoms with van der Waals surface area (Å²) < 4.78 is 10.6. The van der Waals surface area contributed by atoms with Crippen LogP contribution in [-0.2, 0) is 6.42 Å². The topological polar surface area (TPSA) is 89.3 Å². The van der Waals surface area contributed by atoms with Crippen LogP contribution in [0.15, 0.2) is 46.9 Å². The van der Waals surface area contributed by atoms with Crippen LogP contribution in [0.5, 0.6) is 5.75 Å². The minimum absolute atomic E-state index is 0.0508. The summed E-state index contributed by atoms with van der Waals surface area (Å²) in [7, 11) is 1.62. The molecule has 0 unspecified atom stereocenters. The number of ether oxygens (including phenoxy) is 1. The summed E-state index contributed by atoms with van der Waals surface area (Å²) in [6.45, 7) is 4.00. The minimum Gasteiger partial charge on any atom is -0.497 e. The number of benzene rings is 2. The Morgan fingerprint density at radius 1 is 1.04 bits per heavy atom. The van der Waals surface area contributed by atoms with Crippen LogP contribution in [0.1, 0.15) is 22.6 Å². The van der Waals surface area contributed by atoms with Crippen molar-refractivity contribution in [2.75, 3.05) is 17.7 Å². The van der Waals surface area contributed by atoms with Gasteiger partial charge in [0.2, 0.25) is 5.89 Å². The molecule has 2 N–H and O–H groups in total. The molecule has 7 heteroatoms. The number of hydrogen-bond donors (Lipinski definition) is 2. The Bertz CT molecular complexity index is 903. The molecular formula is C19H20N4O3. The Morgan fingerprint density at radius 3 is 2.50 bits per heavy atom. The summed E-state index contributed by atoms with van der Waals surface area (Å²) in [6.07, 6.45) is 0.470. The van der Waals surface area contributed by atoms with Crippen molar-refractivity contribution in [1.29, 1.82) is 0 Å². The lowest BCUT2D eigenvalue weighted by Gasteiger charge is -2.07. The van der Waals surface area contributed by atoms with Gasteiger partial charge in [-0.2, -0.15) is 0 Å². The Hall–Kier alpha value is -3.35. The lowest BCUT2D eigenvalue weighted by atomic mass is 10.1. The summed E-state index contributed by atoms with van der Waals surface area (Å²) in [5.74, 6) is 1.20. The molecule has 0 saturated carbocycles. The van der Waals surface area contributed by atoms with Crippen molar-refractivity contribution in [3.8, 4) is 5.75 Å². The SMILES string of the molecule is COc1ccc(Cc2nnc(NC(=O)Nc3ccc(C)c(C)c3)o2)cc1. The number of methoxy groups -OCH3 is 1. The van der Waals surface area contributed by atoms with Crippen LogP contribution < -0.4 is 15.4 Å². The summed E-state index contributed by atoms with van der Waals surface area (Å²) in [4.78, 5) is 12.1. The van der Waals surface area contributed by atoms with Crippen molar-refractivity contribution in [2.45, 2.75) is 20.3 Å². The zero-order valence-electron chi connectivity index (χ0n) is 14.9. The first-order chi connectivity index (χ1) is 12.5. The first-order valence-electron chi connectivity index (χ1n) is 8.14. The number of nitrogens with zero attached hydrogens (tertiary/aromatic N) is 2. The van der Waals surface area contributed by atoms with Gasteiger partial charge in [0.05, 0.1) is 13.5 Å². The number of carbonyl (C=O) groups is 1. The van der Waals surface area contributed by atoms with Crippen LogP contribution >= 0.6 is 0 Å². The van der Waals surface area contributed by atoms with E-state index in [4.69, 9.17) is 9.15 Å². The molecule has 0 saturated heterocycles. The van der Waals surface area contributed by atoms with Gasteiger partial charge in [0, 0.05) is 5.69 Å². The standard InChI is InChI=1S/C19H20N4O3/c1-12-4-7-15(10-13(12)2)20-18(24)21-19-23-22-17(26-19)11-14-5-8-16(25-3)9-6-14/h4-10H,11H2,1-3H3,(H2,20,21,23,24). The molecule has 0 fully saturated rings. The average Bonchev–Trinajstić information content (AvgIpc) is 3.05. The van der Waals surface area contributed by atoms with Crippen LogP contribution in [0.4, 0.5) is 16.5 Å². The molecule has 2 amide bonds. The van der Waals surface area contributed by atoms with E-state index >= 15 is 0 Å². The van der Waals surface area contributed by atoms with Crippen LogP contribution in [0.3, 0.4) is 0 Å². The predicted octanol–water partition coefficient (Wildman–Crippen LogP) is 3.93. The molecule has 0 aliphatic rings. The third-order valence-electron chi connectivity index (χ3n) is 3.97. The molecule has 7 nitrogen and oxygen atoms in total. The van der Waals surface area contributed by atoms with Gasteiger partial charge in [-0.3, -0.25) is 5.32 Å². The second-order valence-electron chi connectivity index (χ2n) is 5.90. The van der Waals surface area contributed by atoms with E-state index in [1.54, 1.807) is 7.11 Å². The number of aryl methyl sites for hydroxylation is 2. The maximum absolute atomic E-state index is 12.1. The highest BCUT2D eigenvalue weighted by Gasteiger charge is 2.11. The van der Waals surface area contributed by atoms with Gasteiger partial charge in [0.1, 0.15) is 5.75 Å². The lowest BCUT2D eigenvalue weighted by molar-refractivity contribution is 0.261. The van der Waals surface area contributed by atoms with E-state index in [0.29, 0.717) is 18.0 Å². The van der Waals surface area contributed by atoms with Crippen molar-refractivity contribution >= 4 is 17.7 Å². The second-order valence-corrected chi connectivity index (χ2v) is 5.90. The van der Waals surface area contributed by atoms with Crippen LogP contribution in [0.25, 0.3) is 0 Å². The largest absolute Gasteiger partial charge is 0.497 e. The van der Waals surface area contributed by atoms with Crippen molar-refractivity contribution in [1.82, 2.24) is 10.2 Å². The fourth-order valence-corrected chi connectivity index (χ4v) is 2.37. The number of anilines is 2. The third kappa shape index (κ3) is 4.38. The van der Waals surface area contributed by atoms with E-state index in [0.717, 1.165) is 22.4 Å². The van der Waals surface area contributed by atoms with Crippen molar-refractivity contribution < 1.29 is 13.9 Å².